The number of carbonyl (C=O) groups is 1. The number of nitrogens with two attached hydrogens (primary N) is 1. The fourth-order valence-corrected chi connectivity index (χ4v) is 4.10. The van der Waals surface area contributed by atoms with E-state index in [-0.39, 0.29) is 5.75 Å². The molecular formula is C16H14ClNO4S. The van der Waals surface area contributed by atoms with E-state index in [9.17, 15) is 9.00 Å². The third-order valence-electron chi connectivity index (χ3n) is 3.54. The van der Waals surface area contributed by atoms with Gasteiger partial charge in [-0.25, -0.2) is 4.79 Å². The lowest BCUT2D eigenvalue weighted by Gasteiger charge is -2.13. The molecule has 0 saturated carbocycles. The van der Waals surface area contributed by atoms with Gasteiger partial charge in [0.05, 0.1) is 39.1 Å². The number of nitrogen functional groups attached to an aromatic ring is 1. The van der Waals surface area contributed by atoms with Gasteiger partial charge in [-0.1, -0.05) is 11.6 Å². The van der Waals surface area contributed by atoms with E-state index < -0.39 is 16.8 Å². The molecule has 0 spiro atoms. The number of carbonyl (C=O) groups excluding carboxylic acids is 1. The van der Waals surface area contributed by atoms with Gasteiger partial charge in [0, 0.05) is 11.3 Å². The topological polar surface area (TPSA) is 78.6 Å². The summed E-state index contributed by atoms with van der Waals surface area (Å²) in [5, 5.41) is 0.362. The highest BCUT2D eigenvalue weighted by Crippen LogP contribution is 2.43. The molecule has 2 aromatic carbocycles. The number of aryl methyl sites for hydroxylation is 1. The largest absolute Gasteiger partial charge is 0.465 e. The fraction of sp³-hybridized carbons (Fsp3) is 0.188. The molecule has 0 radical (unpaired) electrons. The Morgan fingerprint density at radius 2 is 2.04 bits per heavy atom. The molecule has 1 atom stereocenters. The van der Waals surface area contributed by atoms with Gasteiger partial charge < -0.3 is 15.2 Å². The first kappa shape index (κ1) is 15.8. The van der Waals surface area contributed by atoms with Crippen LogP contribution in [0.2, 0.25) is 5.02 Å². The Balaban J connectivity index is 2.19. The second kappa shape index (κ2) is 5.86. The summed E-state index contributed by atoms with van der Waals surface area (Å²) in [6.07, 6.45) is 0. The van der Waals surface area contributed by atoms with Crippen LogP contribution < -0.4 is 10.5 Å². The maximum absolute atomic E-state index is 12.7. The summed E-state index contributed by atoms with van der Waals surface area (Å²) in [6, 6.07) is 6.46. The number of benzene rings is 2. The van der Waals surface area contributed by atoms with Crippen LogP contribution >= 0.6 is 11.6 Å². The van der Waals surface area contributed by atoms with E-state index in [1.807, 2.05) is 0 Å². The van der Waals surface area contributed by atoms with E-state index in [0.29, 0.717) is 43.8 Å². The Hall–Kier alpha value is -2.05. The van der Waals surface area contributed by atoms with Crippen molar-refractivity contribution >= 4 is 34.1 Å². The van der Waals surface area contributed by atoms with Crippen LogP contribution in [-0.2, 0) is 21.3 Å². The van der Waals surface area contributed by atoms with Crippen molar-refractivity contribution in [2.45, 2.75) is 17.6 Å². The molecule has 0 aliphatic carbocycles. The van der Waals surface area contributed by atoms with Crippen LogP contribution in [-0.4, -0.2) is 17.3 Å². The van der Waals surface area contributed by atoms with Crippen LogP contribution in [0.5, 0.6) is 11.5 Å². The van der Waals surface area contributed by atoms with Crippen LogP contribution in [0, 0.1) is 6.92 Å². The van der Waals surface area contributed by atoms with Gasteiger partial charge in [-0.15, -0.1) is 0 Å². The molecule has 7 heteroatoms. The van der Waals surface area contributed by atoms with Gasteiger partial charge in [0.1, 0.15) is 11.5 Å². The molecule has 2 aromatic rings. The standard InChI is InChI=1S/C16H14ClNO4S/c1-8-3-9(16(19)21-2)5-13-14(8)22-15-10(7-23(13)20)4-11(18)6-12(15)17/h3-6H,7,18H2,1-2H3. The summed E-state index contributed by atoms with van der Waals surface area (Å²) in [7, 11) is -0.0957. The molecule has 1 aliphatic rings. The molecule has 0 bridgehead atoms. The molecule has 1 unspecified atom stereocenters. The van der Waals surface area contributed by atoms with E-state index in [0.717, 1.165) is 0 Å². The molecule has 3 rings (SSSR count). The molecule has 0 amide bonds. The maximum Gasteiger partial charge on any atom is 0.337 e. The first-order valence-corrected chi connectivity index (χ1v) is 8.47. The number of fused-ring (bicyclic) bond motifs is 2. The lowest BCUT2D eigenvalue weighted by atomic mass is 10.1. The van der Waals surface area contributed by atoms with Crippen LogP contribution in [0.15, 0.2) is 29.2 Å². The van der Waals surface area contributed by atoms with Gasteiger partial charge >= 0.3 is 5.97 Å². The minimum atomic E-state index is -1.40. The third-order valence-corrected chi connectivity index (χ3v) is 5.19. The van der Waals surface area contributed by atoms with Gasteiger partial charge in [-0.3, -0.25) is 4.21 Å². The van der Waals surface area contributed by atoms with Gasteiger partial charge in [-0.05, 0) is 36.8 Å². The molecule has 23 heavy (non-hydrogen) atoms. The SMILES string of the molecule is COC(=O)c1cc(C)c2c(c1)S(=O)Cc1cc(N)cc(Cl)c1O2. The quantitative estimate of drug-likeness (QED) is 0.629. The summed E-state index contributed by atoms with van der Waals surface area (Å²) >= 11 is 6.21. The van der Waals surface area contributed by atoms with E-state index in [4.69, 9.17) is 26.8 Å². The number of hydrogen-bond acceptors (Lipinski definition) is 5. The Bertz CT molecular complexity index is 850. The smallest absolute Gasteiger partial charge is 0.337 e. The number of esters is 1. The average Bonchev–Trinajstić information content (AvgIpc) is 2.63. The number of ether oxygens (including phenoxy) is 2. The van der Waals surface area contributed by atoms with E-state index in [1.165, 1.54) is 13.2 Å². The predicted molar refractivity (Wildman–Crippen MR) is 88.6 cm³/mol. The highest BCUT2D eigenvalue weighted by molar-refractivity contribution is 7.84. The monoisotopic (exact) mass is 351 g/mol. The van der Waals surface area contributed by atoms with Gasteiger partial charge in [-0.2, -0.15) is 0 Å². The lowest BCUT2D eigenvalue weighted by Crippen LogP contribution is -2.05. The second-order valence-corrected chi connectivity index (χ2v) is 7.02. The van der Waals surface area contributed by atoms with Crippen molar-refractivity contribution in [1.29, 1.82) is 0 Å². The second-order valence-electron chi connectivity index (χ2n) is 5.19. The number of anilines is 1. The molecule has 0 saturated heterocycles. The summed E-state index contributed by atoms with van der Waals surface area (Å²) in [6.45, 7) is 1.78. The number of rotatable bonds is 1. The Labute approximate surface area is 140 Å². The highest BCUT2D eigenvalue weighted by atomic mass is 35.5. The van der Waals surface area contributed by atoms with Crippen LogP contribution in [0.1, 0.15) is 21.5 Å². The van der Waals surface area contributed by atoms with Crippen molar-refractivity contribution in [2.75, 3.05) is 12.8 Å². The molecule has 1 heterocycles. The average molecular weight is 352 g/mol. The molecule has 120 valence electrons. The molecular weight excluding hydrogens is 338 g/mol. The Morgan fingerprint density at radius 3 is 2.74 bits per heavy atom. The van der Waals surface area contributed by atoms with Crippen LogP contribution in [0.25, 0.3) is 0 Å². The molecule has 1 aliphatic heterocycles. The zero-order chi connectivity index (χ0) is 16.7. The zero-order valence-corrected chi connectivity index (χ0v) is 14.1. The van der Waals surface area contributed by atoms with E-state index in [2.05, 4.69) is 0 Å². The van der Waals surface area contributed by atoms with Crippen LogP contribution in [0.4, 0.5) is 5.69 Å². The van der Waals surface area contributed by atoms with Crippen molar-refractivity contribution in [2.24, 2.45) is 0 Å². The Kier molecular flexibility index (Phi) is 4.04. The Morgan fingerprint density at radius 1 is 1.30 bits per heavy atom. The predicted octanol–water partition coefficient (Wildman–Crippen LogP) is 3.43. The third kappa shape index (κ3) is 2.80. The van der Waals surface area contributed by atoms with E-state index >= 15 is 0 Å². The molecule has 0 fully saturated rings. The van der Waals surface area contributed by atoms with E-state index in [1.54, 1.807) is 25.1 Å². The van der Waals surface area contributed by atoms with Crippen molar-refractivity contribution < 1.29 is 18.5 Å². The molecule has 0 aromatic heterocycles. The van der Waals surface area contributed by atoms with Gasteiger partial charge in [0.15, 0.2) is 0 Å². The summed E-state index contributed by atoms with van der Waals surface area (Å²) in [5.74, 6) is 0.609. The first-order chi connectivity index (χ1) is 10.9. The normalized spacial score (nSPS) is 15.9. The zero-order valence-electron chi connectivity index (χ0n) is 12.5. The molecule has 2 N–H and O–H groups in total. The number of methoxy groups -OCH3 is 1. The van der Waals surface area contributed by atoms with Gasteiger partial charge in [0.2, 0.25) is 0 Å². The maximum atomic E-state index is 12.7. The van der Waals surface area contributed by atoms with Crippen molar-refractivity contribution in [3.63, 3.8) is 0 Å². The number of halogens is 1. The lowest BCUT2D eigenvalue weighted by molar-refractivity contribution is 0.0600. The number of hydrogen-bond donors (Lipinski definition) is 1. The van der Waals surface area contributed by atoms with Gasteiger partial charge in [0.25, 0.3) is 0 Å². The summed E-state index contributed by atoms with van der Waals surface area (Å²) in [5.41, 5.74) is 7.95. The highest BCUT2D eigenvalue weighted by Gasteiger charge is 2.26. The minimum Gasteiger partial charge on any atom is -0.465 e. The molecule has 5 nitrogen and oxygen atoms in total. The fourth-order valence-electron chi connectivity index (χ4n) is 2.49. The van der Waals surface area contributed by atoms with Crippen molar-refractivity contribution in [3.8, 4) is 11.5 Å². The summed E-state index contributed by atoms with van der Waals surface area (Å²) in [4.78, 5) is 12.2. The van der Waals surface area contributed by atoms with Crippen LogP contribution in [0.3, 0.4) is 0 Å². The first-order valence-electron chi connectivity index (χ1n) is 6.77. The van der Waals surface area contributed by atoms with Crippen molar-refractivity contribution in [3.05, 3.63) is 46.0 Å². The van der Waals surface area contributed by atoms with Crippen molar-refractivity contribution in [1.82, 2.24) is 0 Å². The summed E-state index contributed by atoms with van der Waals surface area (Å²) < 4.78 is 23.4. The minimum absolute atomic E-state index is 0.206.